The summed E-state index contributed by atoms with van der Waals surface area (Å²) in [5, 5.41) is 2.70. The molecule has 6 heteroatoms. The minimum atomic E-state index is -0.420. The number of para-hydroxylation sites is 1. The average Bonchev–Trinajstić information content (AvgIpc) is 3.38. The highest BCUT2D eigenvalue weighted by Gasteiger charge is 2.42. The van der Waals surface area contributed by atoms with Crippen LogP contribution in [0.3, 0.4) is 0 Å². The van der Waals surface area contributed by atoms with Crippen LogP contribution in [0.1, 0.15) is 36.1 Å². The Bertz CT molecular complexity index is 1030. The van der Waals surface area contributed by atoms with Crippen molar-refractivity contribution in [3.63, 3.8) is 0 Å². The van der Waals surface area contributed by atoms with Gasteiger partial charge in [0.2, 0.25) is 0 Å². The number of nitrogens with zero attached hydrogens (tertiary/aromatic N) is 1. The molecule has 3 aromatic rings. The molecule has 2 unspecified atom stereocenters. The van der Waals surface area contributed by atoms with Crippen LogP contribution >= 0.6 is 11.6 Å². The molecule has 0 aliphatic carbocycles. The Labute approximate surface area is 168 Å². The first-order valence-electron chi connectivity index (χ1n) is 9.23. The first-order chi connectivity index (χ1) is 13.8. The molecule has 0 amide bonds. The van der Waals surface area contributed by atoms with Crippen LogP contribution in [0.25, 0.3) is 5.70 Å². The number of rotatable bonds is 4. The van der Waals surface area contributed by atoms with Crippen molar-refractivity contribution >= 4 is 17.3 Å². The summed E-state index contributed by atoms with van der Waals surface area (Å²) in [7, 11) is 0. The number of nitrogens with one attached hydrogen (secondary N) is 1. The Kier molecular flexibility index (Phi) is 4.26. The number of benzene rings is 2. The third kappa shape index (κ3) is 2.75. The smallest absolute Gasteiger partial charge is 0.197 e. The molecule has 1 N–H and O–H groups in total. The highest BCUT2D eigenvalue weighted by Crippen LogP contribution is 2.50. The fourth-order valence-electron chi connectivity index (χ4n) is 3.72. The topological polar surface area (TPSA) is 46.9 Å². The first kappa shape index (κ1) is 17.2. The summed E-state index contributed by atoms with van der Waals surface area (Å²) < 4.78 is 17.9. The van der Waals surface area contributed by atoms with E-state index in [1.165, 1.54) is 0 Å². The molecule has 0 saturated heterocycles. The van der Waals surface area contributed by atoms with Gasteiger partial charge in [-0.3, -0.25) is 0 Å². The quantitative estimate of drug-likeness (QED) is 0.648. The normalized spacial score (nSPS) is 20.6. The van der Waals surface area contributed by atoms with Crippen LogP contribution in [0.15, 0.2) is 71.4 Å². The van der Waals surface area contributed by atoms with Gasteiger partial charge < -0.3 is 19.3 Å². The average molecular weight is 395 g/mol. The van der Waals surface area contributed by atoms with E-state index in [0.29, 0.717) is 11.6 Å². The van der Waals surface area contributed by atoms with Gasteiger partial charge in [0, 0.05) is 16.1 Å². The SMILES string of the molecule is CCOc1cccc2c1OC(c1ccccc1Cl)N1NC(c3ccco3)=CC21. The van der Waals surface area contributed by atoms with Crippen molar-refractivity contribution in [2.45, 2.75) is 19.2 Å². The minimum Gasteiger partial charge on any atom is -0.490 e. The molecule has 2 aliphatic heterocycles. The molecule has 142 valence electrons. The van der Waals surface area contributed by atoms with E-state index >= 15 is 0 Å². The summed E-state index contributed by atoms with van der Waals surface area (Å²) >= 11 is 6.51. The Balaban J connectivity index is 1.64. The lowest BCUT2D eigenvalue weighted by Crippen LogP contribution is -2.43. The van der Waals surface area contributed by atoms with E-state index in [1.807, 2.05) is 55.5 Å². The van der Waals surface area contributed by atoms with Crippen molar-refractivity contribution in [1.29, 1.82) is 0 Å². The van der Waals surface area contributed by atoms with Gasteiger partial charge in [0.15, 0.2) is 23.5 Å². The Hall–Kier alpha value is -2.89. The fraction of sp³-hybridized carbons (Fsp3) is 0.182. The maximum atomic E-state index is 6.51. The van der Waals surface area contributed by atoms with E-state index in [0.717, 1.165) is 34.1 Å². The summed E-state index contributed by atoms with van der Waals surface area (Å²) in [6, 6.07) is 17.4. The van der Waals surface area contributed by atoms with E-state index in [2.05, 4.69) is 22.6 Å². The molecule has 0 spiro atoms. The fourth-order valence-corrected chi connectivity index (χ4v) is 3.94. The molecule has 3 heterocycles. The third-order valence-electron chi connectivity index (χ3n) is 4.94. The van der Waals surface area contributed by atoms with Crippen LogP contribution in [-0.2, 0) is 0 Å². The van der Waals surface area contributed by atoms with E-state index in [9.17, 15) is 0 Å². The molecule has 0 bridgehead atoms. The number of fused-ring (bicyclic) bond motifs is 3. The van der Waals surface area contributed by atoms with E-state index in [-0.39, 0.29) is 6.04 Å². The van der Waals surface area contributed by atoms with Gasteiger partial charge in [-0.25, -0.2) is 0 Å². The van der Waals surface area contributed by atoms with Gasteiger partial charge in [-0.2, -0.15) is 5.01 Å². The maximum Gasteiger partial charge on any atom is 0.197 e. The molecular formula is C22H19ClN2O3. The lowest BCUT2D eigenvalue weighted by molar-refractivity contribution is -0.0346. The third-order valence-corrected chi connectivity index (χ3v) is 5.29. The molecule has 0 radical (unpaired) electrons. The van der Waals surface area contributed by atoms with Gasteiger partial charge in [-0.1, -0.05) is 41.9 Å². The van der Waals surface area contributed by atoms with Crippen molar-refractivity contribution in [2.75, 3.05) is 6.61 Å². The molecule has 28 heavy (non-hydrogen) atoms. The van der Waals surface area contributed by atoms with Crippen LogP contribution in [0.4, 0.5) is 0 Å². The summed E-state index contributed by atoms with van der Waals surface area (Å²) in [4.78, 5) is 0. The second-order valence-corrected chi connectivity index (χ2v) is 7.03. The van der Waals surface area contributed by atoms with Crippen LogP contribution in [0, 0.1) is 0 Å². The predicted molar refractivity (Wildman–Crippen MR) is 107 cm³/mol. The molecule has 0 saturated carbocycles. The van der Waals surface area contributed by atoms with Crippen LogP contribution in [-0.4, -0.2) is 11.6 Å². The summed E-state index contributed by atoms with van der Waals surface area (Å²) in [6.07, 6.45) is 3.38. The molecule has 5 nitrogen and oxygen atoms in total. The van der Waals surface area contributed by atoms with Gasteiger partial charge in [0.1, 0.15) is 0 Å². The molecule has 2 aliphatic rings. The van der Waals surface area contributed by atoms with Crippen LogP contribution in [0.5, 0.6) is 11.5 Å². The van der Waals surface area contributed by atoms with Gasteiger partial charge >= 0.3 is 0 Å². The monoisotopic (exact) mass is 394 g/mol. The van der Waals surface area contributed by atoms with Crippen molar-refractivity contribution in [1.82, 2.24) is 10.4 Å². The zero-order valence-corrected chi connectivity index (χ0v) is 16.0. The highest BCUT2D eigenvalue weighted by atomic mass is 35.5. The van der Waals surface area contributed by atoms with Crippen LogP contribution < -0.4 is 14.9 Å². The predicted octanol–water partition coefficient (Wildman–Crippen LogP) is 5.33. The number of hydrogen-bond donors (Lipinski definition) is 1. The lowest BCUT2D eigenvalue weighted by atomic mass is 10.0. The van der Waals surface area contributed by atoms with E-state index < -0.39 is 6.23 Å². The summed E-state index contributed by atoms with van der Waals surface area (Å²) in [5.74, 6) is 2.25. The second kappa shape index (κ2) is 6.93. The second-order valence-electron chi connectivity index (χ2n) is 6.62. The Morgan fingerprint density at radius 2 is 1.93 bits per heavy atom. The number of halogens is 1. The largest absolute Gasteiger partial charge is 0.490 e. The molecule has 2 atom stereocenters. The van der Waals surface area contributed by atoms with Gasteiger partial charge in [0.25, 0.3) is 0 Å². The number of furan rings is 1. The minimum absolute atomic E-state index is 0.0504. The first-order valence-corrected chi connectivity index (χ1v) is 9.61. The highest BCUT2D eigenvalue weighted by molar-refractivity contribution is 6.31. The Morgan fingerprint density at radius 1 is 1.07 bits per heavy atom. The van der Waals surface area contributed by atoms with E-state index in [1.54, 1.807) is 6.26 Å². The molecular weight excluding hydrogens is 376 g/mol. The van der Waals surface area contributed by atoms with Crippen molar-refractivity contribution in [3.8, 4) is 11.5 Å². The van der Waals surface area contributed by atoms with Gasteiger partial charge in [-0.05, 0) is 37.3 Å². The van der Waals surface area contributed by atoms with Gasteiger partial charge in [-0.15, -0.1) is 0 Å². The number of ether oxygens (including phenoxy) is 2. The molecule has 2 aromatic carbocycles. The zero-order valence-electron chi connectivity index (χ0n) is 15.3. The van der Waals surface area contributed by atoms with Crippen molar-refractivity contribution in [2.24, 2.45) is 0 Å². The van der Waals surface area contributed by atoms with E-state index in [4.69, 9.17) is 25.5 Å². The summed E-state index contributed by atoms with van der Waals surface area (Å²) in [6.45, 7) is 2.53. The summed E-state index contributed by atoms with van der Waals surface area (Å²) in [5.41, 5.74) is 6.25. The zero-order chi connectivity index (χ0) is 19.1. The standard InChI is InChI=1S/C22H19ClN2O3/c1-2-26-20-10-5-8-15-18-13-17(19-11-6-12-27-19)24-25(18)22(28-21(15)20)14-7-3-4-9-16(14)23/h3-13,18,22,24H,2H2,1H3. The number of hydrazine groups is 1. The number of hydrogen-bond acceptors (Lipinski definition) is 5. The Morgan fingerprint density at radius 3 is 2.71 bits per heavy atom. The molecule has 5 rings (SSSR count). The molecule has 1 aromatic heterocycles. The molecule has 0 fully saturated rings. The van der Waals surface area contributed by atoms with Crippen molar-refractivity contribution < 1.29 is 13.9 Å². The van der Waals surface area contributed by atoms with Crippen LogP contribution in [0.2, 0.25) is 5.02 Å². The maximum absolute atomic E-state index is 6.51. The van der Waals surface area contributed by atoms with Gasteiger partial charge in [0.05, 0.1) is 24.6 Å². The lowest BCUT2D eigenvalue weighted by Gasteiger charge is -2.39. The van der Waals surface area contributed by atoms with Crippen molar-refractivity contribution in [3.05, 3.63) is 88.8 Å².